The van der Waals surface area contributed by atoms with E-state index in [-0.39, 0.29) is 10.6 Å². The summed E-state index contributed by atoms with van der Waals surface area (Å²) in [5, 5.41) is 1.59. The van der Waals surface area contributed by atoms with Crippen LogP contribution in [0.3, 0.4) is 0 Å². The SMILES string of the molecule is Cn1cccc1C(=O)CN1C(=O)NC(C)(C(F)(F)F)C1=O. The Bertz CT molecular complexity index is 623. The lowest BCUT2D eigenvalue weighted by Crippen LogP contribution is -2.56. The monoisotopic (exact) mass is 303 g/mol. The zero-order valence-electron chi connectivity index (χ0n) is 11.2. The van der Waals surface area contributed by atoms with Gasteiger partial charge in [0.1, 0.15) is 0 Å². The standard InChI is InChI=1S/C12H12F3N3O3/c1-11(12(13,14)15)9(20)18(10(21)16-11)6-8(19)7-4-3-5-17(7)2/h3-5H,6H2,1-2H3,(H,16,21). The lowest BCUT2D eigenvalue weighted by molar-refractivity contribution is -0.190. The molecule has 1 saturated heterocycles. The summed E-state index contributed by atoms with van der Waals surface area (Å²) in [6, 6.07) is 1.78. The number of ketones is 1. The van der Waals surface area contributed by atoms with E-state index in [2.05, 4.69) is 0 Å². The third-order valence-electron chi connectivity index (χ3n) is 3.37. The van der Waals surface area contributed by atoms with E-state index in [4.69, 9.17) is 0 Å². The Balaban J connectivity index is 2.23. The van der Waals surface area contributed by atoms with Crippen molar-refractivity contribution in [2.75, 3.05) is 6.54 Å². The van der Waals surface area contributed by atoms with Crippen LogP contribution in [0.4, 0.5) is 18.0 Å². The highest BCUT2D eigenvalue weighted by molar-refractivity contribution is 6.11. The van der Waals surface area contributed by atoms with E-state index in [1.54, 1.807) is 24.6 Å². The molecule has 1 N–H and O–H groups in total. The second-order valence-corrected chi connectivity index (χ2v) is 4.87. The molecule has 1 atom stereocenters. The van der Waals surface area contributed by atoms with Crippen molar-refractivity contribution >= 4 is 17.7 Å². The average molecular weight is 303 g/mol. The number of alkyl halides is 3. The Morgan fingerprint density at radius 2 is 2.00 bits per heavy atom. The number of aryl methyl sites for hydroxylation is 1. The van der Waals surface area contributed by atoms with E-state index < -0.39 is 36.0 Å². The summed E-state index contributed by atoms with van der Waals surface area (Å²) < 4.78 is 40.0. The van der Waals surface area contributed by atoms with Gasteiger partial charge in [0.25, 0.3) is 5.91 Å². The molecule has 2 heterocycles. The van der Waals surface area contributed by atoms with Crippen LogP contribution in [0.2, 0.25) is 0 Å². The van der Waals surface area contributed by atoms with Gasteiger partial charge in [-0.3, -0.25) is 14.5 Å². The van der Waals surface area contributed by atoms with Crippen LogP contribution >= 0.6 is 0 Å². The molecule has 1 aromatic heterocycles. The third kappa shape index (κ3) is 2.28. The van der Waals surface area contributed by atoms with Crippen LogP contribution in [0.1, 0.15) is 17.4 Å². The Kier molecular flexibility index (Phi) is 3.31. The number of hydrogen-bond acceptors (Lipinski definition) is 3. The molecule has 114 valence electrons. The zero-order valence-corrected chi connectivity index (χ0v) is 11.2. The highest BCUT2D eigenvalue weighted by Crippen LogP contribution is 2.35. The minimum absolute atomic E-state index is 0.191. The van der Waals surface area contributed by atoms with Gasteiger partial charge in [-0.15, -0.1) is 0 Å². The van der Waals surface area contributed by atoms with Gasteiger partial charge >= 0.3 is 12.2 Å². The van der Waals surface area contributed by atoms with Gasteiger partial charge in [-0.1, -0.05) is 0 Å². The van der Waals surface area contributed by atoms with Crippen molar-refractivity contribution < 1.29 is 27.6 Å². The van der Waals surface area contributed by atoms with Crippen LogP contribution in [0.25, 0.3) is 0 Å². The minimum atomic E-state index is -4.94. The molecule has 0 aromatic carbocycles. The largest absolute Gasteiger partial charge is 0.420 e. The zero-order chi connectivity index (χ0) is 16.0. The number of aromatic nitrogens is 1. The molecule has 3 amide bonds. The predicted octanol–water partition coefficient (Wildman–Crippen LogP) is 1.08. The van der Waals surface area contributed by atoms with Crippen molar-refractivity contribution in [3.05, 3.63) is 24.0 Å². The number of carbonyl (C=O) groups excluding carboxylic acids is 3. The minimum Gasteiger partial charge on any atom is -0.348 e. The summed E-state index contributed by atoms with van der Waals surface area (Å²) in [6.45, 7) is -0.172. The first-order valence-electron chi connectivity index (χ1n) is 5.93. The average Bonchev–Trinajstić information content (AvgIpc) is 2.87. The molecule has 0 aliphatic carbocycles. The molecule has 21 heavy (non-hydrogen) atoms. The first-order valence-corrected chi connectivity index (χ1v) is 5.93. The Labute approximate surface area is 117 Å². The van der Waals surface area contributed by atoms with Gasteiger partial charge < -0.3 is 9.88 Å². The second-order valence-electron chi connectivity index (χ2n) is 4.87. The summed E-state index contributed by atoms with van der Waals surface area (Å²) >= 11 is 0. The first-order chi connectivity index (χ1) is 9.58. The molecule has 6 nitrogen and oxygen atoms in total. The van der Waals surface area contributed by atoms with E-state index in [1.807, 2.05) is 0 Å². The third-order valence-corrected chi connectivity index (χ3v) is 3.37. The maximum Gasteiger partial charge on any atom is 0.420 e. The molecule has 0 spiro atoms. The number of nitrogens with one attached hydrogen (secondary N) is 1. The topological polar surface area (TPSA) is 71.4 Å². The number of carbonyl (C=O) groups is 3. The fourth-order valence-electron chi connectivity index (χ4n) is 2.01. The van der Waals surface area contributed by atoms with Crippen molar-refractivity contribution in [3.63, 3.8) is 0 Å². The normalized spacial score (nSPS) is 22.6. The van der Waals surface area contributed by atoms with Gasteiger partial charge in [0.15, 0.2) is 5.78 Å². The molecule has 0 saturated carbocycles. The van der Waals surface area contributed by atoms with Crippen molar-refractivity contribution in [2.24, 2.45) is 7.05 Å². The van der Waals surface area contributed by atoms with Crippen LogP contribution in [0, 0.1) is 0 Å². The number of urea groups is 1. The number of hydrogen-bond donors (Lipinski definition) is 1. The molecular formula is C12H12F3N3O3. The molecular weight excluding hydrogens is 291 g/mol. The van der Waals surface area contributed by atoms with Crippen LogP contribution in [-0.4, -0.2) is 45.4 Å². The number of imide groups is 1. The fraction of sp³-hybridized carbons (Fsp3) is 0.417. The molecule has 1 unspecified atom stereocenters. The van der Waals surface area contributed by atoms with Gasteiger partial charge in [0.05, 0.1) is 12.2 Å². The summed E-state index contributed by atoms with van der Waals surface area (Å²) in [5.74, 6) is -2.11. The van der Waals surface area contributed by atoms with Crippen molar-refractivity contribution in [1.82, 2.24) is 14.8 Å². The quantitative estimate of drug-likeness (QED) is 0.671. The van der Waals surface area contributed by atoms with Crippen LogP contribution < -0.4 is 5.32 Å². The number of Topliss-reactive ketones (excluding diaryl/α,β-unsaturated/α-hetero) is 1. The molecule has 1 aliphatic rings. The maximum absolute atomic E-state index is 12.9. The molecule has 2 rings (SSSR count). The van der Waals surface area contributed by atoms with Crippen LogP contribution in [0.15, 0.2) is 18.3 Å². The van der Waals surface area contributed by atoms with Gasteiger partial charge in [0.2, 0.25) is 5.54 Å². The van der Waals surface area contributed by atoms with Crippen LogP contribution in [0.5, 0.6) is 0 Å². The van der Waals surface area contributed by atoms with E-state index >= 15 is 0 Å². The number of amides is 3. The Hall–Kier alpha value is -2.32. The molecule has 1 fully saturated rings. The summed E-state index contributed by atoms with van der Waals surface area (Å²) in [6.07, 6.45) is -3.37. The maximum atomic E-state index is 12.9. The van der Waals surface area contributed by atoms with Gasteiger partial charge in [-0.05, 0) is 19.1 Å². The number of rotatable bonds is 3. The summed E-state index contributed by atoms with van der Waals surface area (Å²) in [5.41, 5.74) is -2.81. The van der Waals surface area contributed by atoms with E-state index in [0.29, 0.717) is 6.92 Å². The second kappa shape index (κ2) is 4.61. The fourth-order valence-corrected chi connectivity index (χ4v) is 2.01. The predicted molar refractivity (Wildman–Crippen MR) is 64.4 cm³/mol. The first kappa shape index (κ1) is 15.1. The van der Waals surface area contributed by atoms with E-state index in [0.717, 1.165) is 0 Å². The number of nitrogens with zero attached hydrogens (tertiary/aromatic N) is 2. The van der Waals surface area contributed by atoms with E-state index in [9.17, 15) is 27.6 Å². The highest BCUT2D eigenvalue weighted by atomic mass is 19.4. The molecule has 9 heteroatoms. The van der Waals surface area contributed by atoms with Gasteiger partial charge in [0, 0.05) is 13.2 Å². The lowest BCUT2D eigenvalue weighted by atomic mass is 10.0. The summed E-state index contributed by atoms with van der Waals surface area (Å²) in [7, 11) is 1.57. The lowest BCUT2D eigenvalue weighted by Gasteiger charge is -2.24. The van der Waals surface area contributed by atoms with Crippen molar-refractivity contribution in [1.29, 1.82) is 0 Å². The van der Waals surface area contributed by atoms with Crippen molar-refractivity contribution in [2.45, 2.75) is 18.6 Å². The van der Waals surface area contributed by atoms with Crippen LogP contribution in [-0.2, 0) is 11.8 Å². The number of halogens is 3. The molecule has 0 radical (unpaired) electrons. The molecule has 0 bridgehead atoms. The van der Waals surface area contributed by atoms with Gasteiger partial charge in [-0.25, -0.2) is 4.79 Å². The molecule has 1 aromatic rings. The highest BCUT2D eigenvalue weighted by Gasteiger charge is 2.64. The Morgan fingerprint density at radius 1 is 1.38 bits per heavy atom. The molecule has 1 aliphatic heterocycles. The summed E-state index contributed by atoms with van der Waals surface area (Å²) in [4.78, 5) is 35.6. The van der Waals surface area contributed by atoms with Gasteiger partial charge in [-0.2, -0.15) is 13.2 Å². The van der Waals surface area contributed by atoms with Crippen molar-refractivity contribution in [3.8, 4) is 0 Å². The smallest absolute Gasteiger partial charge is 0.348 e. The van der Waals surface area contributed by atoms with E-state index in [1.165, 1.54) is 10.6 Å². The Morgan fingerprint density at radius 3 is 2.43 bits per heavy atom.